The normalized spacial score (nSPS) is 18.6. The van der Waals surface area contributed by atoms with Crippen molar-refractivity contribution in [2.75, 3.05) is 26.0 Å². The number of thioether (sulfide) groups is 1. The van der Waals surface area contributed by atoms with Crippen LogP contribution in [-0.4, -0.2) is 59.6 Å². The zero-order valence-corrected chi connectivity index (χ0v) is 19.6. The fraction of sp³-hybridized carbons (Fsp3) is 0.320. The minimum absolute atomic E-state index is 0.0987. The third-order valence-corrected chi connectivity index (χ3v) is 7.64. The number of hydrogen-bond acceptors (Lipinski definition) is 5. The topological polar surface area (TPSA) is 104 Å². The molecule has 0 spiro atoms. The summed E-state index contributed by atoms with van der Waals surface area (Å²) < 4.78 is 5.29. The first kappa shape index (κ1) is 22.3. The second-order valence-electron chi connectivity index (χ2n) is 8.37. The van der Waals surface area contributed by atoms with Gasteiger partial charge in [-0.25, -0.2) is 0 Å². The van der Waals surface area contributed by atoms with Crippen molar-refractivity contribution in [2.45, 2.75) is 24.3 Å². The number of fused-ring (bicyclic) bond motifs is 4. The Labute approximate surface area is 201 Å². The molecule has 1 unspecified atom stereocenters. The van der Waals surface area contributed by atoms with Crippen LogP contribution in [0.1, 0.15) is 33.3 Å². The molecule has 5 rings (SSSR count). The number of aromatic amines is 1. The molecule has 0 saturated carbocycles. The van der Waals surface area contributed by atoms with E-state index in [4.69, 9.17) is 4.74 Å². The minimum Gasteiger partial charge on any atom is -0.497 e. The maximum Gasteiger partial charge on any atom is 0.256 e. The van der Waals surface area contributed by atoms with E-state index < -0.39 is 6.04 Å². The summed E-state index contributed by atoms with van der Waals surface area (Å²) in [4.78, 5) is 42.7. The lowest BCUT2D eigenvalue weighted by Crippen LogP contribution is -2.46. The maximum atomic E-state index is 12.8. The average molecular weight is 479 g/mol. The Kier molecular flexibility index (Phi) is 6.19. The number of H-pyrrole nitrogens is 1. The van der Waals surface area contributed by atoms with Gasteiger partial charge in [-0.2, -0.15) is 0 Å². The van der Waals surface area contributed by atoms with Gasteiger partial charge in [-0.1, -0.05) is 18.2 Å². The molecule has 176 valence electrons. The van der Waals surface area contributed by atoms with E-state index in [0.29, 0.717) is 24.3 Å². The van der Waals surface area contributed by atoms with E-state index in [1.165, 1.54) is 0 Å². The summed E-state index contributed by atoms with van der Waals surface area (Å²) in [6, 6.07) is 12.8. The molecule has 1 aromatic heterocycles. The van der Waals surface area contributed by atoms with E-state index in [1.807, 2.05) is 48.7 Å². The average Bonchev–Trinajstić information content (AvgIpc) is 3.54. The van der Waals surface area contributed by atoms with Crippen LogP contribution in [0.25, 0.3) is 10.9 Å². The van der Waals surface area contributed by atoms with Gasteiger partial charge in [0.1, 0.15) is 17.2 Å². The van der Waals surface area contributed by atoms with Gasteiger partial charge in [0, 0.05) is 47.9 Å². The summed E-state index contributed by atoms with van der Waals surface area (Å²) in [7, 11) is 1.64. The molecule has 2 atom stereocenters. The molecule has 2 aliphatic rings. The van der Waals surface area contributed by atoms with E-state index in [9.17, 15) is 14.4 Å². The Morgan fingerprint density at radius 2 is 2.03 bits per heavy atom. The Morgan fingerprint density at radius 3 is 2.88 bits per heavy atom. The van der Waals surface area contributed by atoms with Crippen LogP contribution in [0.2, 0.25) is 0 Å². The van der Waals surface area contributed by atoms with Gasteiger partial charge in [0.25, 0.3) is 5.91 Å². The van der Waals surface area contributed by atoms with E-state index >= 15 is 0 Å². The van der Waals surface area contributed by atoms with Gasteiger partial charge in [0.05, 0.1) is 7.11 Å². The van der Waals surface area contributed by atoms with Crippen molar-refractivity contribution in [3.8, 4) is 5.75 Å². The number of nitrogens with one attached hydrogen (secondary N) is 3. The summed E-state index contributed by atoms with van der Waals surface area (Å²) >= 11 is 1.60. The maximum absolute atomic E-state index is 12.8. The molecule has 34 heavy (non-hydrogen) atoms. The minimum atomic E-state index is -0.517. The van der Waals surface area contributed by atoms with Crippen molar-refractivity contribution >= 4 is 40.4 Å². The third-order valence-electron chi connectivity index (χ3n) is 6.34. The summed E-state index contributed by atoms with van der Waals surface area (Å²) in [5, 5.41) is 6.71. The second-order valence-corrected chi connectivity index (χ2v) is 9.48. The molecule has 8 nitrogen and oxygen atoms in total. The molecule has 2 aliphatic heterocycles. The predicted molar refractivity (Wildman–Crippen MR) is 131 cm³/mol. The van der Waals surface area contributed by atoms with Crippen LogP contribution >= 0.6 is 11.8 Å². The first-order valence-electron chi connectivity index (χ1n) is 11.3. The highest BCUT2D eigenvalue weighted by atomic mass is 32.2. The highest BCUT2D eigenvalue weighted by molar-refractivity contribution is 7.99. The van der Waals surface area contributed by atoms with Crippen molar-refractivity contribution in [2.24, 2.45) is 0 Å². The molecule has 1 fully saturated rings. The van der Waals surface area contributed by atoms with Gasteiger partial charge < -0.3 is 25.3 Å². The lowest BCUT2D eigenvalue weighted by Gasteiger charge is -2.22. The summed E-state index contributed by atoms with van der Waals surface area (Å²) in [6.45, 7) is 0.730. The number of rotatable bonds is 8. The van der Waals surface area contributed by atoms with Crippen LogP contribution < -0.4 is 15.4 Å². The van der Waals surface area contributed by atoms with Gasteiger partial charge in [0.15, 0.2) is 0 Å². The van der Waals surface area contributed by atoms with E-state index in [1.54, 1.807) is 23.8 Å². The number of carbonyl (C=O) groups excluding carboxylic acids is 3. The van der Waals surface area contributed by atoms with Gasteiger partial charge in [-0.05, 0) is 41.8 Å². The summed E-state index contributed by atoms with van der Waals surface area (Å²) in [6.07, 6.45) is 2.82. The number of methoxy groups -OCH3 is 1. The Hall–Kier alpha value is -3.46. The molecule has 3 aromatic rings. The SMILES string of the molecule is COc1ccc2[nH]cc(CCNC(=O)CCNC(=O)[C@@H]3CSC4c5ccccc5C(=O)N43)c2c1. The number of ether oxygens (including phenoxy) is 1. The zero-order chi connectivity index (χ0) is 23.7. The van der Waals surface area contributed by atoms with Crippen molar-refractivity contribution in [1.29, 1.82) is 0 Å². The molecule has 3 heterocycles. The molecule has 3 N–H and O–H groups in total. The van der Waals surface area contributed by atoms with Gasteiger partial charge in [-0.3, -0.25) is 14.4 Å². The zero-order valence-electron chi connectivity index (χ0n) is 18.8. The Balaban J connectivity index is 1.07. The van der Waals surface area contributed by atoms with Gasteiger partial charge in [-0.15, -0.1) is 11.8 Å². The molecule has 9 heteroatoms. The Bertz CT molecular complexity index is 1260. The van der Waals surface area contributed by atoms with Crippen LogP contribution in [0.4, 0.5) is 0 Å². The monoisotopic (exact) mass is 478 g/mol. The predicted octanol–water partition coefficient (Wildman–Crippen LogP) is 2.61. The Morgan fingerprint density at radius 1 is 1.18 bits per heavy atom. The van der Waals surface area contributed by atoms with Crippen LogP contribution in [0, 0.1) is 0 Å². The lowest BCUT2D eigenvalue weighted by atomic mass is 10.1. The van der Waals surface area contributed by atoms with Gasteiger partial charge >= 0.3 is 0 Å². The number of hydrogen-bond donors (Lipinski definition) is 3. The highest BCUT2D eigenvalue weighted by Gasteiger charge is 2.48. The van der Waals surface area contributed by atoms with Crippen molar-refractivity contribution < 1.29 is 19.1 Å². The van der Waals surface area contributed by atoms with Crippen molar-refractivity contribution in [1.82, 2.24) is 20.5 Å². The smallest absolute Gasteiger partial charge is 0.256 e. The number of carbonyl (C=O) groups is 3. The summed E-state index contributed by atoms with van der Waals surface area (Å²) in [5.74, 6) is 0.911. The van der Waals surface area contributed by atoms with Crippen molar-refractivity contribution in [3.63, 3.8) is 0 Å². The number of benzene rings is 2. The first-order chi connectivity index (χ1) is 16.6. The molecular formula is C25H26N4O4S. The number of nitrogens with zero attached hydrogens (tertiary/aromatic N) is 1. The molecule has 1 saturated heterocycles. The third kappa shape index (κ3) is 4.11. The summed E-state index contributed by atoms with van der Waals surface area (Å²) in [5.41, 5.74) is 3.77. The van der Waals surface area contributed by atoms with E-state index in [0.717, 1.165) is 27.8 Å². The van der Waals surface area contributed by atoms with Crippen molar-refractivity contribution in [3.05, 3.63) is 65.4 Å². The quantitative estimate of drug-likeness (QED) is 0.462. The largest absolute Gasteiger partial charge is 0.497 e. The van der Waals surface area contributed by atoms with E-state index in [2.05, 4.69) is 15.6 Å². The lowest BCUT2D eigenvalue weighted by molar-refractivity contribution is -0.125. The van der Waals surface area contributed by atoms with Crippen LogP contribution in [0.5, 0.6) is 5.75 Å². The number of amides is 3. The first-order valence-corrected chi connectivity index (χ1v) is 12.3. The molecule has 3 amide bonds. The molecule has 0 radical (unpaired) electrons. The van der Waals surface area contributed by atoms with Crippen LogP contribution in [0.3, 0.4) is 0 Å². The standard InChI is InChI=1S/C25H26N4O4S/c1-33-16-6-7-20-19(12-16)15(13-28-20)8-10-26-22(30)9-11-27-23(31)21-14-34-25-18-5-3-2-4-17(18)24(32)29(21)25/h2-7,12-13,21,25,28H,8-11,14H2,1H3,(H,26,30)(H,27,31)/t21-,25?/m0/s1. The molecule has 0 aliphatic carbocycles. The fourth-order valence-corrected chi connectivity index (χ4v) is 6.04. The second kappa shape index (κ2) is 9.42. The fourth-order valence-electron chi connectivity index (χ4n) is 4.58. The van der Waals surface area contributed by atoms with E-state index in [-0.39, 0.29) is 36.1 Å². The van der Waals surface area contributed by atoms with Gasteiger partial charge in [0.2, 0.25) is 11.8 Å². The molecule has 2 aromatic carbocycles. The van der Waals surface area contributed by atoms with Crippen LogP contribution in [0.15, 0.2) is 48.7 Å². The molecular weight excluding hydrogens is 452 g/mol. The highest BCUT2D eigenvalue weighted by Crippen LogP contribution is 2.48. The molecule has 0 bridgehead atoms. The number of aromatic nitrogens is 1. The van der Waals surface area contributed by atoms with Crippen LogP contribution in [-0.2, 0) is 16.0 Å².